The van der Waals surface area contributed by atoms with E-state index in [9.17, 15) is 20.0 Å². The summed E-state index contributed by atoms with van der Waals surface area (Å²) in [4.78, 5) is 36.8. The molecule has 3 aromatic rings. The number of carbonyl (C=O) groups is 1. The van der Waals surface area contributed by atoms with Gasteiger partial charge in [0, 0.05) is 68.0 Å². The van der Waals surface area contributed by atoms with Crippen molar-refractivity contribution in [3.63, 3.8) is 0 Å². The van der Waals surface area contributed by atoms with Crippen LogP contribution in [0.3, 0.4) is 0 Å². The minimum atomic E-state index is -0.374. The molecule has 0 saturated carbocycles. The van der Waals surface area contributed by atoms with Crippen molar-refractivity contribution >= 4 is 23.2 Å². The molecule has 0 aliphatic carbocycles. The summed E-state index contributed by atoms with van der Waals surface area (Å²) in [6.07, 6.45) is 4.65. The number of hydrogen-bond acceptors (Lipinski definition) is 9. The van der Waals surface area contributed by atoms with E-state index in [4.69, 9.17) is 0 Å². The Morgan fingerprint density at radius 2 is 1.97 bits per heavy atom. The van der Waals surface area contributed by atoms with Gasteiger partial charge in [-0.25, -0.2) is 9.97 Å². The van der Waals surface area contributed by atoms with Gasteiger partial charge < -0.3 is 30.5 Å². The molecule has 11 heteroatoms. The van der Waals surface area contributed by atoms with E-state index >= 15 is 0 Å². The zero-order chi connectivity index (χ0) is 25.5. The molecular formula is C26H28N7O4-. The van der Waals surface area contributed by atoms with Crippen LogP contribution in [-0.2, 0) is 17.8 Å². The zero-order valence-corrected chi connectivity index (χ0v) is 20.2. The van der Waals surface area contributed by atoms with Crippen molar-refractivity contribution in [1.82, 2.24) is 19.9 Å². The molecule has 37 heavy (non-hydrogen) atoms. The van der Waals surface area contributed by atoms with Crippen LogP contribution < -0.4 is 26.3 Å². The lowest BCUT2D eigenvalue weighted by Gasteiger charge is -2.54. The van der Waals surface area contributed by atoms with Crippen molar-refractivity contribution < 1.29 is 10.0 Å². The first kappa shape index (κ1) is 23.4. The summed E-state index contributed by atoms with van der Waals surface area (Å²) in [5, 5.41) is 27.1. The highest BCUT2D eigenvalue weighted by atomic mass is 16.8. The fourth-order valence-corrected chi connectivity index (χ4v) is 6.34. The maximum Gasteiger partial charge on any atom is 0.250 e. The molecule has 11 nitrogen and oxygen atoms in total. The molecule has 6 rings (SSSR count). The third kappa shape index (κ3) is 4.30. The molecule has 5 heterocycles. The molecule has 1 amide bonds. The third-order valence-corrected chi connectivity index (χ3v) is 7.82. The van der Waals surface area contributed by atoms with Crippen LogP contribution in [0.2, 0.25) is 0 Å². The number of rotatable bonds is 6. The molecule has 192 valence electrons. The number of nitrogens with one attached hydrogen (secondary N) is 2. The Labute approximate surface area is 213 Å². The number of hydrogen-bond donors (Lipinski definition) is 3. The van der Waals surface area contributed by atoms with E-state index in [0.717, 1.165) is 23.4 Å². The smallest absolute Gasteiger partial charge is 0.250 e. The second-order valence-corrected chi connectivity index (χ2v) is 9.92. The summed E-state index contributed by atoms with van der Waals surface area (Å²) in [6, 6.07) is 12.2. The Kier molecular flexibility index (Phi) is 6.01. The molecule has 4 atom stereocenters. The van der Waals surface area contributed by atoms with Crippen LogP contribution in [0.15, 0.2) is 59.7 Å². The van der Waals surface area contributed by atoms with Crippen molar-refractivity contribution in [2.24, 2.45) is 11.8 Å². The summed E-state index contributed by atoms with van der Waals surface area (Å²) in [6.45, 7) is 2.12. The van der Waals surface area contributed by atoms with Crippen molar-refractivity contribution in [3.8, 4) is 0 Å². The maximum atomic E-state index is 13.6. The molecule has 0 radical (unpaired) electrons. The summed E-state index contributed by atoms with van der Waals surface area (Å²) in [5.74, 6) is 0.343. The molecule has 1 fully saturated rings. The van der Waals surface area contributed by atoms with Gasteiger partial charge in [-0.1, -0.05) is 6.07 Å². The number of fused-ring (bicyclic) bond motifs is 8. The minimum Gasteiger partial charge on any atom is -0.733 e. The van der Waals surface area contributed by atoms with E-state index in [1.54, 1.807) is 36.7 Å². The van der Waals surface area contributed by atoms with Crippen LogP contribution >= 0.6 is 0 Å². The van der Waals surface area contributed by atoms with Crippen LogP contribution in [0.4, 0.5) is 17.3 Å². The lowest BCUT2D eigenvalue weighted by atomic mass is 9.70. The second kappa shape index (κ2) is 9.49. The summed E-state index contributed by atoms with van der Waals surface area (Å²) >= 11 is 0. The van der Waals surface area contributed by atoms with Crippen molar-refractivity contribution in [2.75, 3.05) is 35.1 Å². The van der Waals surface area contributed by atoms with Crippen LogP contribution in [-0.4, -0.2) is 51.3 Å². The Morgan fingerprint density at radius 3 is 2.78 bits per heavy atom. The molecule has 0 spiro atoms. The average molecular weight is 503 g/mol. The quantitative estimate of drug-likeness (QED) is 0.340. The summed E-state index contributed by atoms with van der Waals surface area (Å²) < 4.78 is 1.87. The van der Waals surface area contributed by atoms with E-state index < -0.39 is 0 Å². The molecule has 2 aromatic heterocycles. The summed E-state index contributed by atoms with van der Waals surface area (Å²) in [7, 11) is 0. The number of pyridine rings is 1. The normalized spacial score (nSPS) is 23.4. The molecule has 1 saturated heterocycles. The molecule has 3 N–H and O–H groups in total. The highest BCUT2D eigenvalue weighted by Crippen LogP contribution is 2.47. The van der Waals surface area contributed by atoms with Gasteiger partial charge in [-0.2, -0.15) is 0 Å². The fourth-order valence-electron chi connectivity index (χ4n) is 6.34. The Balaban J connectivity index is 1.28. The Bertz CT molecular complexity index is 1360. The zero-order valence-electron chi connectivity index (χ0n) is 20.2. The predicted molar refractivity (Wildman–Crippen MR) is 137 cm³/mol. The Hall–Kier alpha value is -3.96. The highest BCUT2D eigenvalue weighted by molar-refractivity contribution is 5.82. The van der Waals surface area contributed by atoms with Gasteiger partial charge in [0.1, 0.15) is 0 Å². The number of carbonyl (C=O) groups excluding carboxylic acids is 1. The lowest BCUT2D eigenvalue weighted by Crippen LogP contribution is -2.61. The van der Waals surface area contributed by atoms with Crippen LogP contribution in [0.25, 0.3) is 0 Å². The van der Waals surface area contributed by atoms with Crippen LogP contribution in [0, 0.1) is 17.0 Å². The first-order valence-electron chi connectivity index (χ1n) is 12.5. The third-order valence-electron chi connectivity index (χ3n) is 7.82. The van der Waals surface area contributed by atoms with E-state index in [1.807, 2.05) is 22.8 Å². The topological polar surface area (TPSA) is 139 Å². The van der Waals surface area contributed by atoms with Crippen LogP contribution in [0.1, 0.15) is 23.6 Å². The number of benzene rings is 1. The highest BCUT2D eigenvalue weighted by Gasteiger charge is 2.49. The first-order valence-corrected chi connectivity index (χ1v) is 12.5. The minimum absolute atomic E-state index is 0.00445. The predicted octanol–water partition coefficient (Wildman–Crippen LogP) is 1.72. The number of aromatic nitrogens is 3. The van der Waals surface area contributed by atoms with Crippen molar-refractivity contribution in [2.45, 2.75) is 31.3 Å². The van der Waals surface area contributed by atoms with Gasteiger partial charge in [0.15, 0.2) is 0 Å². The Morgan fingerprint density at radius 1 is 1.14 bits per heavy atom. The first-order chi connectivity index (χ1) is 18.0. The molecule has 3 aliphatic heterocycles. The van der Waals surface area contributed by atoms with Gasteiger partial charge in [-0.05, 0) is 54.7 Å². The maximum absolute atomic E-state index is 13.6. The van der Waals surface area contributed by atoms with E-state index in [-0.39, 0.29) is 46.2 Å². The van der Waals surface area contributed by atoms with Crippen molar-refractivity contribution in [1.29, 1.82) is 0 Å². The average Bonchev–Trinajstić information content (AvgIpc) is 2.91. The number of amides is 1. The molecule has 1 aromatic carbocycles. The fraction of sp³-hybridized carbons (Fsp3) is 0.385. The van der Waals surface area contributed by atoms with Gasteiger partial charge in [0.2, 0.25) is 11.9 Å². The van der Waals surface area contributed by atoms with E-state index in [1.165, 1.54) is 0 Å². The SMILES string of the molecule is O=C(NCCNc1ncccn1)[C@@H]1Cc2cc(N([O-])O)ccc2N2CC3CC(Cn4c3cccc4=O)[C@@H]12. The standard InChI is InChI=1S/C26H28N7O4/c34-23-4-1-3-21-17-11-18(15-31(21)23)24-20(25(35)27-9-10-30-26-28-7-2-8-29-26)13-16-12-19(33(36)37)5-6-22(16)32(24)14-17/h1-8,12,17-18,20,24,36H,9-11,13-15H2,(H,27,35)(H,28,29,30)/q-1/t17?,18?,20-,24+/m1/s1. The number of piperidine rings is 1. The van der Waals surface area contributed by atoms with E-state index in [2.05, 4.69) is 25.5 Å². The van der Waals surface area contributed by atoms with Gasteiger partial charge in [0.05, 0.1) is 11.6 Å². The van der Waals surface area contributed by atoms with Gasteiger partial charge in [0.25, 0.3) is 5.56 Å². The summed E-state index contributed by atoms with van der Waals surface area (Å²) in [5.41, 5.74) is 2.99. The van der Waals surface area contributed by atoms with Gasteiger partial charge >= 0.3 is 0 Å². The molecule has 2 unspecified atom stereocenters. The second-order valence-electron chi connectivity index (χ2n) is 9.92. The number of nitrogens with zero attached hydrogens (tertiary/aromatic N) is 5. The van der Waals surface area contributed by atoms with Gasteiger partial charge in [-0.3, -0.25) is 14.8 Å². The monoisotopic (exact) mass is 502 g/mol. The molecule has 3 aliphatic rings. The van der Waals surface area contributed by atoms with E-state index in [0.29, 0.717) is 38.5 Å². The van der Waals surface area contributed by atoms with Crippen molar-refractivity contribution in [3.05, 3.63) is 81.7 Å². The number of anilines is 3. The molecular weight excluding hydrogens is 474 g/mol. The molecule has 2 bridgehead atoms. The van der Waals surface area contributed by atoms with Gasteiger partial charge in [-0.15, -0.1) is 0 Å². The lowest BCUT2D eigenvalue weighted by molar-refractivity contribution is -0.126. The largest absolute Gasteiger partial charge is 0.733 e. The van der Waals surface area contributed by atoms with Crippen LogP contribution in [0.5, 0.6) is 0 Å².